The van der Waals surface area contributed by atoms with Crippen LogP contribution in [0.3, 0.4) is 0 Å². The molecule has 1 amide bonds. The lowest BCUT2D eigenvalue weighted by Gasteiger charge is -2.15. The number of carbonyl (C=O) groups is 1. The van der Waals surface area contributed by atoms with E-state index in [0.29, 0.717) is 17.9 Å². The highest BCUT2D eigenvalue weighted by Gasteiger charge is 2.23. The van der Waals surface area contributed by atoms with E-state index in [1.807, 2.05) is 30.3 Å². The van der Waals surface area contributed by atoms with Crippen LogP contribution < -0.4 is 10.5 Å². The summed E-state index contributed by atoms with van der Waals surface area (Å²) in [6.45, 7) is 0.437. The highest BCUT2D eigenvalue weighted by Crippen LogP contribution is 2.21. The van der Waals surface area contributed by atoms with Crippen LogP contribution in [-0.4, -0.2) is 22.2 Å². The third kappa shape index (κ3) is 4.05. The summed E-state index contributed by atoms with van der Waals surface area (Å²) in [4.78, 5) is 10.8. The molecule has 4 N–H and O–H groups in total. The monoisotopic (exact) mass is 287 g/mol. The first kappa shape index (κ1) is 15.0. The molecule has 2 aromatic carbocycles. The minimum atomic E-state index is -1.62. The molecular formula is C16H17NO4. The minimum absolute atomic E-state index is 0.397. The molecule has 0 heterocycles. The fourth-order valence-electron chi connectivity index (χ4n) is 1.84. The predicted octanol–water partition coefficient (Wildman–Crippen LogP) is 1.15. The van der Waals surface area contributed by atoms with E-state index in [0.717, 1.165) is 5.56 Å². The summed E-state index contributed by atoms with van der Waals surface area (Å²) < 4.78 is 5.60. The fraction of sp³-hybridized carbons (Fsp3) is 0.188. The quantitative estimate of drug-likeness (QED) is 0.743. The lowest BCUT2D eigenvalue weighted by atomic mass is 10.0. The van der Waals surface area contributed by atoms with Crippen LogP contribution in [0.4, 0.5) is 0 Å². The van der Waals surface area contributed by atoms with Crippen molar-refractivity contribution in [2.24, 2.45) is 5.73 Å². The Morgan fingerprint density at radius 1 is 1.05 bits per heavy atom. The molecule has 21 heavy (non-hydrogen) atoms. The predicted molar refractivity (Wildman–Crippen MR) is 77.4 cm³/mol. The number of hydrogen-bond donors (Lipinski definition) is 3. The van der Waals surface area contributed by atoms with E-state index in [9.17, 15) is 15.0 Å². The van der Waals surface area contributed by atoms with Gasteiger partial charge in [-0.2, -0.15) is 0 Å². The lowest BCUT2D eigenvalue weighted by molar-refractivity contribution is -0.131. The van der Waals surface area contributed by atoms with Gasteiger partial charge in [-0.25, -0.2) is 0 Å². The Labute approximate surface area is 122 Å². The van der Waals surface area contributed by atoms with Crippen LogP contribution >= 0.6 is 0 Å². The summed E-state index contributed by atoms with van der Waals surface area (Å²) in [6.07, 6.45) is -2.97. The molecule has 0 radical (unpaired) electrons. The molecule has 2 unspecified atom stereocenters. The van der Waals surface area contributed by atoms with Gasteiger partial charge in [0.25, 0.3) is 0 Å². The van der Waals surface area contributed by atoms with Crippen LogP contribution in [0.15, 0.2) is 54.6 Å². The Balaban J connectivity index is 1.97. The first-order valence-electron chi connectivity index (χ1n) is 6.50. The summed E-state index contributed by atoms with van der Waals surface area (Å²) >= 11 is 0. The average molecular weight is 287 g/mol. The van der Waals surface area contributed by atoms with Crippen molar-refractivity contribution in [3.05, 3.63) is 65.7 Å². The maximum atomic E-state index is 10.8. The van der Waals surface area contributed by atoms with E-state index in [4.69, 9.17) is 10.5 Å². The zero-order chi connectivity index (χ0) is 15.2. The van der Waals surface area contributed by atoms with Gasteiger partial charge in [-0.1, -0.05) is 42.5 Å². The molecular weight excluding hydrogens is 270 g/mol. The number of ether oxygens (including phenoxy) is 1. The largest absolute Gasteiger partial charge is 0.489 e. The molecule has 0 bridgehead atoms. The molecule has 0 saturated carbocycles. The summed E-state index contributed by atoms with van der Waals surface area (Å²) in [5, 5.41) is 19.2. The van der Waals surface area contributed by atoms with E-state index < -0.39 is 18.1 Å². The third-order valence-corrected chi connectivity index (χ3v) is 3.06. The zero-order valence-corrected chi connectivity index (χ0v) is 11.3. The second-order valence-corrected chi connectivity index (χ2v) is 4.64. The Morgan fingerprint density at radius 2 is 1.67 bits per heavy atom. The molecule has 0 fully saturated rings. The van der Waals surface area contributed by atoms with Crippen LogP contribution in [0.5, 0.6) is 5.75 Å². The molecule has 2 atom stereocenters. The van der Waals surface area contributed by atoms with Gasteiger partial charge in [0.05, 0.1) is 0 Å². The Kier molecular flexibility index (Phi) is 4.92. The molecule has 0 aromatic heterocycles. The van der Waals surface area contributed by atoms with Crippen molar-refractivity contribution in [1.82, 2.24) is 0 Å². The molecule has 0 spiro atoms. The maximum Gasteiger partial charge on any atom is 0.249 e. The highest BCUT2D eigenvalue weighted by molar-refractivity contribution is 5.79. The lowest BCUT2D eigenvalue weighted by Crippen LogP contribution is -2.33. The van der Waals surface area contributed by atoms with Gasteiger partial charge in [-0.15, -0.1) is 0 Å². The van der Waals surface area contributed by atoms with Gasteiger partial charge >= 0.3 is 0 Å². The first-order valence-corrected chi connectivity index (χ1v) is 6.50. The molecule has 0 aliphatic carbocycles. The van der Waals surface area contributed by atoms with Gasteiger partial charge in [0.1, 0.15) is 18.5 Å². The summed E-state index contributed by atoms with van der Waals surface area (Å²) in [5.74, 6) is -0.338. The van der Waals surface area contributed by atoms with E-state index in [-0.39, 0.29) is 0 Å². The number of aliphatic hydroxyl groups excluding tert-OH is 2. The fourth-order valence-corrected chi connectivity index (χ4v) is 1.84. The van der Waals surface area contributed by atoms with Crippen molar-refractivity contribution in [2.45, 2.75) is 18.8 Å². The second-order valence-electron chi connectivity index (χ2n) is 4.64. The molecule has 110 valence electrons. The van der Waals surface area contributed by atoms with Crippen LogP contribution in [0.2, 0.25) is 0 Å². The molecule has 0 aliphatic rings. The number of primary amides is 1. The smallest absolute Gasteiger partial charge is 0.249 e. The van der Waals surface area contributed by atoms with Crippen LogP contribution in [-0.2, 0) is 11.4 Å². The van der Waals surface area contributed by atoms with Gasteiger partial charge in [0.2, 0.25) is 5.91 Å². The van der Waals surface area contributed by atoms with E-state index in [1.54, 1.807) is 24.3 Å². The Bertz CT molecular complexity index is 583. The van der Waals surface area contributed by atoms with E-state index >= 15 is 0 Å². The van der Waals surface area contributed by atoms with Crippen LogP contribution in [0.25, 0.3) is 0 Å². The topological polar surface area (TPSA) is 92.8 Å². The third-order valence-electron chi connectivity index (χ3n) is 3.06. The van der Waals surface area contributed by atoms with Gasteiger partial charge in [0.15, 0.2) is 6.10 Å². The van der Waals surface area contributed by atoms with Crippen LogP contribution in [0.1, 0.15) is 17.2 Å². The Morgan fingerprint density at radius 3 is 2.24 bits per heavy atom. The minimum Gasteiger partial charge on any atom is -0.489 e. The first-order chi connectivity index (χ1) is 10.1. The zero-order valence-electron chi connectivity index (χ0n) is 11.3. The molecule has 5 nitrogen and oxygen atoms in total. The number of nitrogens with two attached hydrogens (primary N) is 1. The molecule has 5 heteroatoms. The average Bonchev–Trinajstić information content (AvgIpc) is 2.53. The van der Waals surface area contributed by atoms with E-state index in [1.165, 1.54) is 0 Å². The van der Waals surface area contributed by atoms with Crippen molar-refractivity contribution in [1.29, 1.82) is 0 Å². The van der Waals surface area contributed by atoms with Crippen molar-refractivity contribution >= 4 is 5.91 Å². The number of carbonyl (C=O) groups excluding carboxylic acids is 1. The number of aliphatic hydroxyl groups is 2. The summed E-state index contributed by atoms with van der Waals surface area (Å²) in [6, 6.07) is 16.2. The maximum absolute atomic E-state index is 10.8. The SMILES string of the molecule is NC(=O)C(O)C(O)c1ccc(OCc2ccccc2)cc1. The van der Waals surface area contributed by atoms with Crippen molar-refractivity contribution in [3.63, 3.8) is 0 Å². The summed E-state index contributed by atoms with van der Waals surface area (Å²) in [5.41, 5.74) is 6.39. The normalized spacial score (nSPS) is 13.4. The summed E-state index contributed by atoms with van der Waals surface area (Å²) in [7, 11) is 0. The number of rotatable bonds is 6. The van der Waals surface area contributed by atoms with Gasteiger partial charge in [-0.3, -0.25) is 4.79 Å². The molecule has 0 aliphatic heterocycles. The molecule has 2 aromatic rings. The number of benzene rings is 2. The molecule has 2 rings (SSSR count). The van der Waals surface area contributed by atoms with Crippen molar-refractivity contribution < 1.29 is 19.7 Å². The van der Waals surface area contributed by atoms with Gasteiger partial charge in [-0.05, 0) is 23.3 Å². The highest BCUT2D eigenvalue weighted by atomic mass is 16.5. The second kappa shape index (κ2) is 6.88. The van der Waals surface area contributed by atoms with Gasteiger partial charge in [0, 0.05) is 0 Å². The number of amides is 1. The molecule has 0 saturated heterocycles. The standard InChI is InChI=1S/C16H17NO4/c17-16(20)15(19)14(18)12-6-8-13(9-7-12)21-10-11-4-2-1-3-5-11/h1-9,14-15,18-19H,10H2,(H2,17,20). The number of hydrogen-bond acceptors (Lipinski definition) is 4. The van der Waals surface area contributed by atoms with E-state index in [2.05, 4.69) is 0 Å². The van der Waals surface area contributed by atoms with Crippen molar-refractivity contribution in [3.8, 4) is 5.75 Å². The van der Waals surface area contributed by atoms with Crippen molar-refractivity contribution in [2.75, 3.05) is 0 Å². The van der Waals surface area contributed by atoms with Crippen LogP contribution in [0, 0.1) is 0 Å². The van der Waals surface area contributed by atoms with Gasteiger partial charge < -0.3 is 20.7 Å². The Hall–Kier alpha value is -2.37.